The number of hydrogen-bond acceptors (Lipinski definition) is 6. The van der Waals surface area contributed by atoms with Gasteiger partial charge >= 0.3 is 5.97 Å². The Bertz CT molecular complexity index is 578. The second-order valence-electron chi connectivity index (χ2n) is 6.98. The van der Waals surface area contributed by atoms with Crippen LogP contribution in [0.5, 0.6) is 11.5 Å². The molecule has 0 aliphatic carbocycles. The first-order valence-corrected chi connectivity index (χ1v) is 8.45. The molecule has 1 saturated heterocycles. The number of para-hydroxylation sites is 2. The normalized spacial score (nSPS) is 26.8. The molecule has 3 rings (SSSR count). The molecule has 1 aromatic rings. The van der Waals surface area contributed by atoms with E-state index in [1.165, 1.54) is 6.92 Å². The number of piperidine rings is 1. The molecule has 0 spiro atoms. The summed E-state index contributed by atoms with van der Waals surface area (Å²) in [5.41, 5.74) is -0.0267. The highest BCUT2D eigenvalue weighted by Crippen LogP contribution is 2.33. The summed E-state index contributed by atoms with van der Waals surface area (Å²) in [6, 6.07) is 7.77. The van der Waals surface area contributed by atoms with Crippen molar-refractivity contribution in [3.63, 3.8) is 0 Å². The van der Waals surface area contributed by atoms with Crippen LogP contribution in [0, 0.1) is 5.41 Å². The van der Waals surface area contributed by atoms with Gasteiger partial charge in [0.15, 0.2) is 11.5 Å². The SMILES string of the molecule is CC(=O)OOC[C@@]1(C)CCCN(C[C@H]2COc3ccccc3O2)C1. The third kappa shape index (κ3) is 4.39. The molecule has 2 atom stereocenters. The van der Waals surface area contributed by atoms with E-state index in [-0.39, 0.29) is 11.5 Å². The van der Waals surface area contributed by atoms with Gasteiger partial charge in [-0.2, -0.15) is 4.89 Å². The van der Waals surface area contributed by atoms with E-state index in [0.29, 0.717) is 13.2 Å². The molecule has 2 aliphatic rings. The van der Waals surface area contributed by atoms with Crippen LogP contribution in [0.15, 0.2) is 24.3 Å². The largest absolute Gasteiger partial charge is 0.486 e. The maximum absolute atomic E-state index is 10.8. The molecule has 6 heteroatoms. The Morgan fingerprint density at radius 2 is 2.17 bits per heavy atom. The van der Waals surface area contributed by atoms with Crippen LogP contribution in [0.2, 0.25) is 0 Å². The van der Waals surface area contributed by atoms with Gasteiger partial charge in [-0.25, -0.2) is 4.79 Å². The van der Waals surface area contributed by atoms with Crippen LogP contribution >= 0.6 is 0 Å². The summed E-state index contributed by atoms with van der Waals surface area (Å²) in [6.07, 6.45) is 2.16. The van der Waals surface area contributed by atoms with Gasteiger partial charge in [0.25, 0.3) is 0 Å². The predicted molar refractivity (Wildman–Crippen MR) is 87.9 cm³/mol. The summed E-state index contributed by atoms with van der Waals surface area (Å²) < 4.78 is 11.8. The lowest BCUT2D eigenvalue weighted by molar-refractivity contribution is -0.285. The molecule has 2 aliphatic heterocycles. The van der Waals surface area contributed by atoms with Crippen molar-refractivity contribution in [1.82, 2.24) is 4.90 Å². The number of carbonyl (C=O) groups excluding carboxylic acids is 1. The molecular formula is C18H25NO5. The molecule has 24 heavy (non-hydrogen) atoms. The fraction of sp³-hybridized carbons (Fsp3) is 0.611. The molecule has 0 unspecified atom stereocenters. The third-order valence-electron chi connectivity index (χ3n) is 4.47. The fourth-order valence-corrected chi connectivity index (χ4v) is 3.40. The van der Waals surface area contributed by atoms with Crippen molar-refractivity contribution in [2.45, 2.75) is 32.8 Å². The van der Waals surface area contributed by atoms with Gasteiger partial charge < -0.3 is 9.47 Å². The van der Waals surface area contributed by atoms with Crippen molar-refractivity contribution in [2.24, 2.45) is 5.41 Å². The molecule has 1 fully saturated rings. The summed E-state index contributed by atoms with van der Waals surface area (Å²) in [5, 5.41) is 0. The van der Waals surface area contributed by atoms with E-state index in [9.17, 15) is 4.79 Å². The zero-order chi connectivity index (χ0) is 17.0. The van der Waals surface area contributed by atoms with Crippen LogP contribution in [-0.4, -0.2) is 49.8 Å². The van der Waals surface area contributed by atoms with Crippen LogP contribution in [0.25, 0.3) is 0 Å². The molecule has 1 aromatic carbocycles. The molecular weight excluding hydrogens is 310 g/mol. The van der Waals surface area contributed by atoms with Gasteiger partial charge in [0.05, 0.1) is 0 Å². The van der Waals surface area contributed by atoms with Crippen LogP contribution < -0.4 is 9.47 Å². The van der Waals surface area contributed by atoms with E-state index in [0.717, 1.165) is 44.0 Å². The Labute approximate surface area is 142 Å². The highest BCUT2D eigenvalue weighted by molar-refractivity contribution is 5.65. The molecule has 2 heterocycles. The van der Waals surface area contributed by atoms with Gasteiger partial charge in [-0.15, -0.1) is 0 Å². The third-order valence-corrected chi connectivity index (χ3v) is 4.47. The van der Waals surface area contributed by atoms with Gasteiger partial charge in [-0.3, -0.25) is 9.79 Å². The van der Waals surface area contributed by atoms with E-state index >= 15 is 0 Å². The quantitative estimate of drug-likeness (QED) is 0.608. The number of nitrogens with zero attached hydrogens (tertiary/aromatic N) is 1. The van der Waals surface area contributed by atoms with E-state index in [1.54, 1.807) is 0 Å². The Morgan fingerprint density at radius 3 is 2.96 bits per heavy atom. The minimum absolute atomic E-state index is 0.0247. The highest BCUT2D eigenvalue weighted by atomic mass is 17.2. The highest BCUT2D eigenvalue weighted by Gasteiger charge is 2.34. The van der Waals surface area contributed by atoms with Gasteiger partial charge in [0, 0.05) is 25.4 Å². The Kier molecular flexibility index (Phi) is 5.26. The maximum Gasteiger partial charge on any atom is 0.339 e. The van der Waals surface area contributed by atoms with Crippen molar-refractivity contribution in [2.75, 3.05) is 32.8 Å². The number of benzene rings is 1. The summed E-state index contributed by atoms with van der Waals surface area (Å²) in [4.78, 5) is 22.9. The lowest BCUT2D eigenvalue weighted by Crippen LogP contribution is -2.49. The van der Waals surface area contributed by atoms with Crippen LogP contribution in [0.4, 0.5) is 0 Å². The van der Waals surface area contributed by atoms with E-state index in [2.05, 4.69) is 16.7 Å². The van der Waals surface area contributed by atoms with Crippen LogP contribution in [-0.2, 0) is 14.6 Å². The second-order valence-corrected chi connectivity index (χ2v) is 6.98. The van der Waals surface area contributed by atoms with Crippen molar-refractivity contribution in [3.8, 4) is 11.5 Å². The smallest absolute Gasteiger partial charge is 0.339 e. The predicted octanol–water partition coefficient (Wildman–Crippen LogP) is 2.42. The molecule has 0 saturated carbocycles. The van der Waals surface area contributed by atoms with Crippen molar-refractivity contribution < 1.29 is 24.0 Å². The Hall–Kier alpha value is -1.79. The van der Waals surface area contributed by atoms with Crippen LogP contribution in [0.3, 0.4) is 0 Å². The van der Waals surface area contributed by atoms with Gasteiger partial charge in [-0.05, 0) is 31.5 Å². The number of fused-ring (bicyclic) bond motifs is 1. The van der Waals surface area contributed by atoms with E-state index in [1.807, 2.05) is 24.3 Å². The minimum Gasteiger partial charge on any atom is -0.486 e. The van der Waals surface area contributed by atoms with Crippen molar-refractivity contribution in [1.29, 1.82) is 0 Å². The van der Waals surface area contributed by atoms with Gasteiger partial charge in [-0.1, -0.05) is 19.1 Å². The molecule has 0 radical (unpaired) electrons. The molecule has 0 bridgehead atoms. The van der Waals surface area contributed by atoms with Crippen LogP contribution in [0.1, 0.15) is 26.7 Å². The van der Waals surface area contributed by atoms with E-state index < -0.39 is 5.97 Å². The fourth-order valence-electron chi connectivity index (χ4n) is 3.40. The Morgan fingerprint density at radius 1 is 1.38 bits per heavy atom. The minimum atomic E-state index is -0.419. The molecule has 0 aromatic heterocycles. The first-order chi connectivity index (χ1) is 11.5. The van der Waals surface area contributed by atoms with Gasteiger partial charge in [0.2, 0.25) is 0 Å². The van der Waals surface area contributed by atoms with E-state index in [4.69, 9.17) is 14.4 Å². The molecule has 132 valence electrons. The lowest BCUT2D eigenvalue weighted by atomic mass is 9.82. The number of rotatable bonds is 5. The standard InChI is InChI=1S/C18H25NO5/c1-14(20)24-22-13-18(2)8-5-9-19(12-18)10-15-11-21-16-6-3-4-7-17(16)23-15/h3-4,6-7,15H,5,8-13H2,1-2H3/t15-,18-/m0/s1. The zero-order valence-corrected chi connectivity index (χ0v) is 14.3. The Balaban J connectivity index is 1.51. The lowest BCUT2D eigenvalue weighted by Gasteiger charge is -2.41. The zero-order valence-electron chi connectivity index (χ0n) is 14.3. The first kappa shape index (κ1) is 17.0. The van der Waals surface area contributed by atoms with Crippen molar-refractivity contribution in [3.05, 3.63) is 24.3 Å². The monoisotopic (exact) mass is 335 g/mol. The summed E-state index contributed by atoms with van der Waals surface area (Å²) in [6.45, 7) is 7.21. The summed E-state index contributed by atoms with van der Waals surface area (Å²) in [7, 11) is 0. The van der Waals surface area contributed by atoms with Gasteiger partial charge in [0.1, 0.15) is 19.3 Å². The summed E-state index contributed by atoms with van der Waals surface area (Å²) >= 11 is 0. The molecule has 0 amide bonds. The number of carbonyl (C=O) groups is 1. The number of ether oxygens (including phenoxy) is 2. The topological polar surface area (TPSA) is 57.2 Å². The molecule has 0 N–H and O–H groups in total. The maximum atomic E-state index is 10.8. The van der Waals surface area contributed by atoms with Crippen molar-refractivity contribution >= 4 is 5.97 Å². The molecule has 6 nitrogen and oxygen atoms in total. The summed E-state index contributed by atoms with van der Waals surface area (Å²) in [5.74, 6) is 1.21. The average Bonchev–Trinajstić information content (AvgIpc) is 2.54. The average molecular weight is 335 g/mol. The first-order valence-electron chi connectivity index (χ1n) is 8.45. The second kappa shape index (κ2) is 7.40. The number of likely N-dealkylation sites (tertiary alicyclic amines) is 1. The number of hydrogen-bond donors (Lipinski definition) is 0.